The maximum atomic E-state index is 8.66. The molecule has 0 aromatic carbocycles. The number of hydrogen-bond acceptors (Lipinski definition) is 5. The van der Waals surface area contributed by atoms with Gasteiger partial charge in [-0.1, -0.05) is 17.4 Å². The van der Waals surface area contributed by atoms with E-state index in [1.165, 1.54) is 11.3 Å². The van der Waals surface area contributed by atoms with Gasteiger partial charge in [0.05, 0.1) is 10.6 Å². The molecule has 0 bridgehead atoms. The molecule has 0 aliphatic heterocycles. The van der Waals surface area contributed by atoms with Gasteiger partial charge in [-0.15, -0.1) is 0 Å². The summed E-state index contributed by atoms with van der Waals surface area (Å²) in [5.74, 6) is 0. The Morgan fingerprint density at radius 2 is 2.29 bits per heavy atom. The molecule has 4 nitrogen and oxygen atoms in total. The zero-order valence-electron chi connectivity index (χ0n) is 7.14. The molecule has 0 saturated carbocycles. The lowest BCUT2D eigenvalue weighted by Crippen LogP contribution is -1.84. The van der Waals surface area contributed by atoms with Gasteiger partial charge in [0.25, 0.3) is 0 Å². The fourth-order valence-electron chi connectivity index (χ4n) is 1.04. The number of hydrogen-bond donors (Lipinski definition) is 1. The van der Waals surface area contributed by atoms with Crippen LogP contribution in [-0.2, 0) is 0 Å². The van der Waals surface area contributed by atoms with E-state index in [0.29, 0.717) is 10.8 Å². The topological polar surface area (TPSA) is 75.6 Å². The van der Waals surface area contributed by atoms with Crippen LogP contribution in [0.3, 0.4) is 0 Å². The van der Waals surface area contributed by atoms with Crippen LogP contribution in [0.1, 0.15) is 5.69 Å². The normalized spacial score (nSPS) is 9.64. The molecule has 2 N–H and O–H groups in total. The quantitative estimate of drug-likeness (QED) is 0.763. The van der Waals surface area contributed by atoms with Crippen molar-refractivity contribution >= 4 is 16.5 Å². The van der Waals surface area contributed by atoms with Crippen molar-refractivity contribution in [3.63, 3.8) is 0 Å². The molecule has 2 aromatic rings. The summed E-state index contributed by atoms with van der Waals surface area (Å²) in [5, 5.41) is 9.17. The highest BCUT2D eigenvalue weighted by Crippen LogP contribution is 2.25. The lowest BCUT2D eigenvalue weighted by Gasteiger charge is -1.94. The van der Waals surface area contributed by atoms with E-state index in [4.69, 9.17) is 11.0 Å². The van der Waals surface area contributed by atoms with Gasteiger partial charge < -0.3 is 5.73 Å². The largest absolute Gasteiger partial charge is 0.375 e. The van der Waals surface area contributed by atoms with Crippen molar-refractivity contribution in [3.05, 3.63) is 30.1 Å². The molecule has 0 atom stereocenters. The summed E-state index contributed by atoms with van der Waals surface area (Å²) in [4.78, 5) is 8.93. The van der Waals surface area contributed by atoms with Crippen LogP contribution in [0.15, 0.2) is 24.4 Å². The van der Waals surface area contributed by atoms with Crippen molar-refractivity contribution in [2.75, 3.05) is 5.73 Å². The molecule has 14 heavy (non-hydrogen) atoms. The van der Waals surface area contributed by atoms with Crippen molar-refractivity contribution < 1.29 is 0 Å². The first-order valence-electron chi connectivity index (χ1n) is 3.88. The summed E-state index contributed by atoms with van der Waals surface area (Å²) in [6, 6.07) is 7.26. The van der Waals surface area contributed by atoms with Gasteiger partial charge in [-0.2, -0.15) is 5.26 Å². The molecular weight excluding hydrogens is 196 g/mol. The van der Waals surface area contributed by atoms with Crippen LogP contribution in [0.5, 0.6) is 0 Å². The highest BCUT2D eigenvalue weighted by atomic mass is 32.1. The third-order valence-electron chi connectivity index (χ3n) is 1.64. The summed E-state index contributed by atoms with van der Waals surface area (Å²) >= 11 is 1.35. The summed E-state index contributed by atoms with van der Waals surface area (Å²) < 4.78 is 0. The van der Waals surface area contributed by atoms with E-state index in [2.05, 4.69) is 9.97 Å². The number of aromatic nitrogens is 2. The van der Waals surface area contributed by atoms with Gasteiger partial charge in [0.15, 0.2) is 5.13 Å². The van der Waals surface area contributed by atoms with Crippen LogP contribution in [0, 0.1) is 11.3 Å². The molecule has 2 rings (SSSR count). The zero-order chi connectivity index (χ0) is 9.97. The van der Waals surface area contributed by atoms with Gasteiger partial charge in [0.2, 0.25) is 0 Å². The molecule has 2 aromatic heterocycles. The minimum absolute atomic E-state index is 0.398. The number of nitrogens with zero attached hydrogens (tertiary/aromatic N) is 3. The average Bonchev–Trinajstić information content (AvgIpc) is 2.65. The third kappa shape index (κ3) is 1.56. The van der Waals surface area contributed by atoms with E-state index >= 15 is 0 Å². The van der Waals surface area contributed by atoms with Crippen LogP contribution in [0.4, 0.5) is 5.13 Å². The summed E-state index contributed by atoms with van der Waals surface area (Å²) in [7, 11) is 0. The second-order valence-electron chi connectivity index (χ2n) is 2.58. The number of rotatable bonds is 1. The Bertz CT molecular complexity index is 498. The average molecular weight is 202 g/mol. The van der Waals surface area contributed by atoms with E-state index in [9.17, 15) is 0 Å². The van der Waals surface area contributed by atoms with Crippen LogP contribution >= 0.6 is 11.3 Å². The Labute approximate surface area is 84.7 Å². The van der Waals surface area contributed by atoms with E-state index in [1.54, 1.807) is 18.3 Å². The Morgan fingerprint density at radius 3 is 2.93 bits per heavy atom. The van der Waals surface area contributed by atoms with E-state index < -0.39 is 0 Å². The van der Waals surface area contributed by atoms with Crippen molar-refractivity contribution in [2.45, 2.75) is 0 Å². The molecular formula is C9H6N4S. The highest BCUT2D eigenvalue weighted by Gasteiger charge is 2.03. The van der Waals surface area contributed by atoms with Crippen molar-refractivity contribution in [3.8, 4) is 16.6 Å². The van der Waals surface area contributed by atoms with Crippen molar-refractivity contribution in [1.82, 2.24) is 9.97 Å². The van der Waals surface area contributed by atoms with E-state index in [1.807, 2.05) is 12.1 Å². The lowest BCUT2D eigenvalue weighted by atomic mass is 10.3. The number of thiazole rings is 1. The van der Waals surface area contributed by atoms with Gasteiger partial charge in [-0.25, -0.2) is 9.97 Å². The SMILES string of the molecule is N#Cc1cccc(-c2cnc(N)s2)n1. The van der Waals surface area contributed by atoms with E-state index in [0.717, 1.165) is 10.6 Å². The van der Waals surface area contributed by atoms with Gasteiger partial charge in [-0.3, -0.25) is 0 Å². The van der Waals surface area contributed by atoms with Crippen molar-refractivity contribution in [2.24, 2.45) is 0 Å². The summed E-state index contributed by atoms with van der Waals surface area (Å²) in [6.45, 7) is 0. The molecule has 0 radical (unpaired) electrons. The Balaban J connectivity index is 2.47. The van der Waals surface area contributed by atoms with Crippen LogP contribution in [-0.4, -0.2) is 9.97 Å². The maximum absolute atomic E-state index is 8.66. The minimum Gasteiger partial charge on any atom is -0.375 e. The fraction of sp³-hybridized carbons (Fsp3) is 0. The lowest BCUT2D eigenvalue weighted by molar-refractivity contribution is 1.27. The third-order valence-corrected chi connectivity index (χ3v) is 2.49. The first-order chi connectivity index (χ1) is 6.79. The van der Waals surface area contributed by atoms with Crippen LogP contribution in [0.25, 0.3) is 10.6 Å². The molecule has 5 heteroatoms. The van der Waals surface area contributed by atoms with Gasteiger partial charge in [0, 0.05) is 6.20 Å². The molecule has 0 aliphatic carbocycles. The maximum Gasteiger partial charge on any atom is 0.180 e. The second kappa shape index (κ2) is 3.44. The van der Waals surface area contributed by atoms with Crippen LogP contribution in [0.2, 0.25) is 0 Å². The predicted molar refractivity (Wildman–Crippen MR) is 54.5 cm³/mol. The number of anilines is 1. The Hall–Kier alpha value is -1.93. The standard InChI is InChI=1S/C9H6N4S/c10-4-6-2-1-3-7(13-6)8-5-12-9(11)14-8/h1-3,5H,(H2,11,12). The summed E-state index contributed by atoms with van der Waals surface area (Å²) in [5.41, 5.74) is 6.63. The molecule has 0 spiro atoms. The molecule has 0 unspecified atom stereocenters. The number of pyridine rings is 1. The zero-order valence-corrected chi connectivity index (χ0v) is 7.95. The molecule has 0 saturated heterocycles. The first kappa shape index (κ1) is 8.66. The summed E-state index contributed by atoms with van der Waals surface area (Å²) in [6.07, 6.45) is 1.66. The highest BCUT2D eigenvalue weighted by molar-refractivity contribution is 7.18. The van der Waals surface area contributed by atoms with Gasteiger partial charge in [-0.05, 0) is 12.1 Å². The number of nitrogens with two attached hydrogens (primary N) is 1. The first-order valence-corrected chi connectivity index (χ1v) is 4.70. The Kier molecular flexibility index (Phi) is 2.13. The molecule has 2 heterocycles. The minimum atomic E-state index is 0.398. The number of nitriles is 1. The van der Waals surface area contributed by atoms with Gasteiger partial charge >= 0.3 is 0 Å². The molecule has 68 valence electrons. The predicted octanol–water partition coefficient (Wildman–Crippen LogP) is 1.66. The van der Waals surface area contributed by atoms with Gasteiger partial charge in [0.1, 0.15) is 11.8 Å². The molecule has 0 fully saturated rings. The van der Waals surface area contributed by atoms with Crippen LogP contribution < -0.4 is 5.73 Å². The Morgan fingerprint density at radius 1 is 1.43 bits per heavy atom. The fourth-order valence-corrected chi connectivity index (χ4v) is 1.69. The second-order valence-corrected chi connectivity index (χ2v) is 3.64. The molecule has 0 amide bonds. The van der Waals surface area contributed by atoms with Crippen molar-refractivity contribution in [1.29, 1.82) is 5.26 Å². The van der Waals surface area contributed by atoms with E-state index in [-0.39, 0.29) is 0 Å². The monoisotopic (exact) mass is 202 g/mol. The number of nitrogen functional groups attached to an aromatic ring is 1. The smallest absolute Gasteiger partial charge is 0.180 e. The molecule has 0 aliphatic rings.